The standard InChI is InChI=1S/C12H4N4.2C2H6/c1-15-11(7-13)9-3-5-10(6-4-9)12(8-14)16-2;2*1-2/h3-6H;2*1-2H3. The lowest BCUT2D eigenvalue weighted by Crippen LogP contribution is -2.10. The first kappa shape index (κ1) is 19.3. The quantitative estimate of drug-likeness (QED) is 0.676. The number of benzene rings is 1. The highest BCUT2D eigenvalue weighted by Gasteiger charge is 1.96. The summed E-state index contributed by atoms with van der Waals surface area (Å²) < 4.78 is 0. The van der Waals surface area contributed by atoms with Crippen LogP contribution < -0.4 is 10.4 Å². The second kappa shape index (κ2) is 12.4. The molecule has 1 aromatic rings. The number of rotatable bonds is 0. The Bertz CT molecular complexity index is 583. The van der Waals surface area contributed by atoms with Crippen molar-refractivity contribution in [2.75, 3.05) is 0 Å². The Kier molecular flexibility index (Phi) is 11.9. The van der Waals surface area contributed by atoms with Crippen LogP contribution in [0.3, 0.4) is 0 Å². The molecule has 0 fully saturated rings. The topological polar surface area (TPSA) is 56.3 Å². The van der Waals surface area contributed by atoms with E-state index in [0.29, 0.717) is 10.4 Å². The van der Waals surface area contributed by atoms with Gasteiger partial charge in [-0.2, -0.15) is 0 Å². The molecule has 0 atom stereocenters. The van der Waals surface area contributed by atoms with Crippen molar-refractivity contribution in [2.45, 2.75) is 27.7 Å². The summed E-state index contributed by atoms with van der Waals surface area (Å²) in [6, 6.07) is 9.75. The minimum atomic E-state index is -0.00660. The fourth-order valence-corrected chi connectivity index (χ4v) is 1.09. The zero-order valence-corrected chi connectivity index (χ0v) is 12.1. The summed E-state index contributed by atoms with van der Waals surface area (Å²) in [5.41, 5.74) is -0.0132. The molecule has 100 valence electrons. The molecule has 0 saturated heterocycles. The second-order valence-corrected chi connectivity index (χ2v) is 2.72. The first-order valence-electron chi connectivity index (χ1n) is 6.16. The number of nitriles is 2. The van der Waals surface area contributed by atoms with Gasteiger partial charge in [0.15, 0.2) is 0 Å². The predicted molar refractivity (Wildman–Crippen MR) is 79.6 cm³/mol. The summed E-state index contributed by atoms with van der Waals surface area (Å²) in [5, 5.41) is 18.3. The van der Waals surface area contributed by atoms with Crippen molar-refractivity contribution in [3.8, 4) is 12.1 Å². The maximum Gasteiger partial charge on any atom is 0.268 e. The Morgan fingerprint density at radius 3 is 1.20 bits per heavy atom. The molecule has 4 nitrogen and oxygen atoms in total. The summed E-state index contributed by atoms with van der Waals surface area (Å²) in [4.78, 5) is 6.13. The molecular weight excluding hydrogens is 248 g/mol. The minimum Gasteiger partial charge on any atom is -0.226 e. The molecule has 1 rings (SSSR count). The van der Waals surface area contributed by atoms with Gasteiger partial charge in [-0.25, -0.2) is 20.2 Å². The number of nitrogens with zero attached hydrogens (tertiary/aromatic N) is 4. The Labute approximate surface area is 120 Å². The van der Waals surface area contributed by atoms with Crippen LogP contribution in [0.5, 0.6) is 0 Å². The van der Waals surface area contributed by atoms with E-state index in [4.69, 9.17) is 23.7 Å². The van der Waals surface area contributed by atoms with Gasteiger partial charge in [0, 0.05) is 0 Å². The van der Waals surface area contributed by atoms with Gasteiger partial charge in [-0.1, -0.05) is 52.0 Å². The van der Waals surface area contributed by atoms with Gasteiger partial charge in [0.2, 0.25) is 0 Å². The van der Waals surface area contributed by atoms with Crippen molar-refractivity contribution in [2.24, 2.45) is 0 Å². The molecule has 0 N–H and O–H groups in total. The summed E-state index contributed by atoms with van der Waals surface area (Å²) in [7, 11) is 0. The third-order valence-electron chi connectivity index (χ3n) is 1.87. The Morgan fingerprint density at radius 1 is 0.800 bits per heavy atom. The van der Waals surface area contributed by atoms with Crippen molar-refractivity contribution in [1.29, 1.82) is 10.5 Å². The Morgan fingerprint density at radius 2 is 1.05 bits per heavy atom. The fraction of sp³-hybridized carbons (Fsp3) is 0.250. The van der Waals surface area contributed by atoms with E-state index in [1.165, 1.54) is 0 Å². The summed E-state index contributed by atoms with van der Waals surface area (Å²) in [5.74, 6) is 0. The van der Waals surface area contributed by atoms with E-state index in [9.17, 15) is 0 Å². The maximum absolute atomic E-state index is 8.64. The van der Waals surface area contributed by atoms with E-state index in [1.807, 2.05) is 27.7 Å². The van der Waals surface area contributed by atoms with E-state index in [-0.39, 0.29) is 11.4 Å². The van der Waals surface area contributed by atoms with Crippen molar-refractivity contribution in [1.82, 2.24) is 0 Å². The second-order valence-electron chi connectivity index (χ2n) is 2.72. The lowest BCUT2D eigenvalue weighted by atomic mass is 10.2. The summed E-state index contributed by atoms with van der Waals surface area (Å²) in [6.45, 7) is 21.5. The van der Waals surface area contributed by atoms with Gasteiger partial charge in [-0.15, -0.1) is 0 Å². The predicted octanol–water partition coefficient (Wildman–Crippen LogP) is 2.84. The van der Waals surface area contributed by atoms with Crippen molar-refractivity contribution < 1.29 is 0 Å². The highest BCUT2D eigenvalue weighted by atomic mass is 14.7. The molecule has 20 heavy (non-hydrogen) atoms. The van der Waals surface area contributed by atoms with Gasteiger partial charge in [-0.05, 0) is 10.4 Å². The average molecular weight is 264 g/mol. The lowest BCUT2D eigenvalue weighted by molar-refractivity contribution is 1.48. The van der Waals surface area contributed by atoms with Gasteiger partial charge in [0.05, 0.1) is 25.3 Å². The van der Waals surface area contributed by atoms with Crippen LogP contribution in [0.1, 0.15) is 27.7 Å². The van der Waals surface area contributed by atoms with Crippen LogP contribution in [-0.4, -0.2) is 0 Å². The lowest BCUT2D eigenvalue weighted by Gasteiger charge is -1.88. The minimum absolute atomic E-state index is 0.00660. The van der Waals surface area contributed by atoms with Gasteiger partial charge < -0.3 is 0 Å². The highest BCUT2D eigenvalue weighted by molar-refractivity contribution is 5.67. The molecule has 0 aromatic heterocycles. The third kappa shape index (κ3) is 5.50. The van der Waals surface area contributed by atoms with E-state index in [2.05, 4.69) is 9.69 Å². The molecule has 0 radical (unpaired) electrons. The monoisotopic (exact) mass is 264 g/mol. The molecule has 4 heteroatoms. The smallest absolute Gasteiger partial charge is 0.226 e. The Balaban J connectivity index is 0. The van der Waals surface area contributed by atoms with E-state index >= 15 is 0 Å². The molecule has 0 bridgehead atoms. The first-order valence-corrected chi connectivity index (χ1v) is 6.16. The van der Waals surface area contributed by atoms with Crippen molar-refractivity contribution in [3.05, 3.63) is 57.5 Å². The first-order chi connectivity index (χ1) is 9.76. The van der Waals surface area contributed by atoms with Crippen LogP contribution >= 0.6 is 0 Å². The van der Waals surface area contributed by atoms with Crippen LogP contribution in [-0.2, 0) is 0 Å². The van der Waals surface area contributed by atoms with E-state index in [1.54, 1.807) is 36.4 Å². The molecule has 0 aliphatic carbocycles. The van der Waals surface area contributed by atoms with Gasteiger partial charge in [0.1, 0.15) is 0 Å². The highest BCUT2D eigenvalue weighted by Crippen LogP contribution is 1.92. The molecule has 0 aliphatic rings. The van der Waals surface area contributed by atoms with Crippen LogP contribution in [0, 0.1) is 35.8 Å². The van der Waals surface area contributed by atoms with Gasteiger partial charge >= 0.3 is 0 Å². The van der Waals surface area contributed by atoms with Gasteiger partial charge in [-0.3, -0.25) is 0 Å². The molecule has 0 saturated carbocycles. The fourth-order valence-electron chi connectivity index (χ4n) is 1.09. The summed E-state index contributed by atoms with van der Waals surface area (Å²) >= 11 is 0. The molecule has 0 spiro atoms. The number of hydrogen-bond donors (Lipinski definition) is 0. The SMILES string of the molecule is CC.CC.[C-]#[N+]C(C#N)=c1ccc(=C(C#N)[N+]#[C-])cc1. The van der Waals surface area contributed by atoms with Crippen molar-refractivity contribution in [3.63, 3.8) is 0 Å². The normalized spacial score (nSPS) is 6.80. The van der Waals surface area contributed by atoms with E-state index < -0.39 is 0 Å². The van der Waals surface area contributed by atoms with Crippen LogP contribution in [0.15, 0.2) is 24.3 Å². The van der Waals surface area contributed by atoms with Crippen LogP contribution in [0.25, 0.3) is 21.1 Å². The molecular formula is C16H16N4. The molecule has 0 heterocycles. The third-order valence-corrected chi connectivity index (χ3v) is 1.87. The Hall–Kier alpha value is -3.08. The molecule has 1 aromatic carbocycles. The largest absolute Gasteiger partial charge is 0.268 e. The van der Waals surface area contributed by atoms with Crippen molar-refractivity contribution >= 4 is 11.4 Å². The zero-order valence-electron chi connectivity index (χ0n) is 12.1. The number of hydrogen-bond acceptors (Lipinski definition) is 2. The molecule has 0 unspecified atom stereocenters. The molecule has 0 amide bonds. The summed E-state index contributed by atoms with van der Waals surface area (Å²) in [6.07, 6.45) is 0. The van der Waals surface area contributed by atoms with Gasteiger partial charge in [0.25, 0.3) is 11.4 Å². The van der Waals surface area contributed by atoms with Crippen LogP contribution in [0.2, 0.25) is 0 Å². The zero-order chi connectivity index (χ0) is 16.0. The maximum atomic E-state index is 8.64. The van der Waals surface area contributed by atoms with E-state index in [0.717, 1.165) is 0 Å². The average Bonchev–Trinajstić information content (AvgIpc) is 2.55. The molecule has 0 aliphatic heterocycles. The van der Waals surface area contributed by atoms with Crippen LogP contribution in [0.4, 0.5) is 0 Å².